The van der Waals surface area contributed by atoms with E-state index in [0.717, 1.165) is 4.90 Å². The van der Waals surface area contributed by atoms with Crippen LogP contribution in [0.3, 0.4) is 0 Å². The van der Waals surface area contributed by atoms with Crippen molar-refractivity contribution in [3.05, 3.63) is 69.8 Å². The second kappa shape index (κ2) is 4.97. The van der Waals surface area contributed by atoms with Gasteiger partial charge in [-0.25, -0.2) is 4.79 Å². The Hall–Kier alpha value is -2.34. The highest BCUT2D eigenvalue weighted by molar-refractivity contribution is 7.99. The Morgan fingerprint density at radius 1 is 1.10 bits per heavy atom. The summed E-state index contributed by atoms with van der Waals surface area (Å²) < 4.78 is 5.31. The Morgan fingerprint density at radius 2 is 1.80 bits per heavy atom. The molecule has 20 heavy (non-hydrogen) atoms. The maximum atomic E-state index is 11.9. The molecule has 0 amide bonds. The van der Waals surface area contributed by atoms with Crippen LogP contribution in [-0.4, -0.2) is 10.9 Å². The van der Waals surface area contributed by atoms with Crippen molar-refractivity contribution in [3.8, 4) is 0 Å². The molecule has 1 atom stereocenters. The van der Waals surface area contributed by atoms with Crippen LogP contribution in [0.2, 0.25) is 0 Å². The summed E-state index contributed by atoms with van der Waals surface area (Å²) in [6.45, 7) is 0. The summed E-state index contributed by atoms with van der Waals surface area (Å²) in [6.07, 6.45) is 0. The Balaban J connectivity index is 2.02. The number of hydrogen-bond acceptors (Lipinski definition) is 5. The van der Waals surface area contributed by atoms with Gasteiger partial charge >= 0.3 is 5.97 Å². The first-order chi connectivity index (χ1) is 9.66. The lowest BCUT2D eigenvalue weighted by atomic mass is 10.2. The third kappa shape index (κ3) is 2.14. The number of ether oxygens (including phenoxy) is 1. The number of esters is 1. The topological polar surface area (TPSA) is 69.4 Å². The van der Waals surface area contributed by atoms with Crippen molar-refractivity contribution < 1.29 is 14.5 Å². The van der Waals surface area contributed by atoms with Gasteiger partial charge in [0.2, 0.25) is 0 Å². The summed E-state index contributed by atoms with van der Waals surface area (Å²) in [7, 11) is 0. The molecule has 1 aliphatic heterocycles. The minimum atomic E-state index is -0.695. The van der Waals surface area contributed by atoms with E-state index >= 15 is 0 Å². The summed E-state index contributed by atoms with van der Waals surface area (Å²) in [5, 5.41) is 11.0. The molecule has 0 radical (unpaired) electrons. The van der Waals surface area contributed by atoms with Crippen LogP contribution in [0.4, 0.5) is 5.69 Å². The second-order valence-electron chi connectivity index (χ2n) is 4.17. The fourth-order valence-electron chi connectivity index (χ4n) is 2.02. The van der Waals surface area contributed by atoms with Crippen LogP contribution in [0.25, 0.3) is 0 Å². The van der Waals surface area contributed by atoms with Crippen molar-refractivity contribution in [1.29, 1.82) is 0 Å². The first-order valence-electron chi connectivity index (χ1n) is 5.87. The van der Waals surface area contributed by atoms with Crippen LogP contribution in [0.1, 0.15) is 21.4 Å². The first kappa shape index (κ1) is 12.7. The van der Waals surface area contributed by atoms with E-state index in [1.54, 1.807) is 30.3 Å². The van der Waals surface area contributed by atoms with E-state index in [4.69, 9.17) is 4.74 Å². The fourth-order valence-corrected chi connectivity index (χ4v) is 3.15. The van der Waals surface area contributed by atoms with Crippen molar-refractivity contribution in [3.63, 3.8) is 0 Å². The van der Waals surface area contributed by atoms with Crippen LogP contribution >= 0.6 is 11.8 Å². The Labute approximate surface area is 118 Å². The lowest BCUT2D eigenvalue weighted by molar-refractivity contribution is -0.385. The molecule has 3 rings (SSSR count). The lowest BCUT2D eigenvalue weighted by Crippen LogP contribution is -2.16. The van der Waals surface area contributed by atoms with Gasteiger partial charge in [-0.3, -0.25) is 10.1 Å². The van der Waals surface area contributed by atoms with Gasteiger partial charge in [0.05, 0.1) is 16.1 Å². The third-order valence-electron chi connectivity index (χ3n) is 2.94. The number of carbonyl (C=O) groups excluding carboxylic acids is 1. The molecule has 0 bridgehead atoms. The summed E-state index contributed by atoms with van der Waals surface area (Å²) in [5.74, 6) is -0.456. The van der Waals surface area contributed by atoms with Gasteiger partial charge in [0.25, 0.3) is 5.69 Å². The second-order valence-corrected chi connectivity index (χ2v) is 5.27. The molecule has 5 nitrogen and oxygen atoms in total. The molecule has 0 unspecified atom stereocenters. The van der Waals surface area contributed by atoms with E-state index in [0.29, 0.717) is 11.1 Å². The van der Waals surface area contributed by atoms with Gasteiger partial charge in [-0.1, -0.05) is 36.0 Å². The van der Waals surface area contributed by atoms with Gasteiger partial charge in [0.1, 0.15) is 0 Å². The van der Waals surface area contributed by atoms with Crippen LogP contribution in [0.5, 0.6) is 0 Å². The maximum absolute atomic E-state index is 11.9. The monoisotopic (exact) mass is 287 g/mol. The summed E-state index contributed by atoms with van der Waals surface area (Å²) in [6, 6.07) is 13.4. The van der Waals surface area contributed by atoms with Gasteiger partial charge < -0.3 is 4.74 Å². The number of rotatable bonds is 2. The van der Waals surface area contributed by atoms with Crippen molar-refractivity contribution in [2.24, 2.45) is 0 Å². The third-order valence-corrected chi connectivity index (χ3v) is 4.12. The largest absolute Gasteiger partial charge is 0.442 e. The van der Waals surface area contributed by atoms with Gasteiger partial charge in [-0.15, -0.1) is 0 Å². The van der Waals surface area contributed by atoms with E-state index < -0.39 is 16.3 Å². The average molecular weight is 287 g/mol. The van der Waals surface area contributed by atoms with Crippen molar-refractivity contribution >= 4 is 23.4 Å². The number of para-hydroxylation sites is 1. The minimum Gasteiger partial charge on any atom is -0.442 e. The quantitative estimate of drug-likeness (QED) is 0.480. The number of benzene rings is 2. The molecular formula is C14H9NO4S. The Morgan fingerprint density at radius 3 is 2.60 bits per heavy atom. The summed E-state index contributed by atoms with van der Waals surface area (Å²) in [4.78, 5) is 23.3. The van der Waals surface area contributed by atoms with Crippen LogP contribution in [0.15, 0.2) is 53.4 Å². The number of cyclic esters (lactones) is 1. The highest BCUT2D eigenvalue weighted by Gasteiger charge is 2.31. The summed E-state index contributed by atoms with van der Waals surface area (Å²) in [5.41, 5.74) is 0.147. The van der Waals surface area contributed by atoms with E-state index in [1.807, 2.05) is 12.1 Å². The molecule has 0 N–H and O–H groups in total. The number of thioether (sulfide) groups is 1. The number of hydrogen-bond donors (Lipinski definition) is 0. The van der Waals surface area contributed by atoms with E-state index in [2.05, 4.69) is 0 Å². The molecule has 2 aromatic rings. The van der Waals surface area contributed by atoms with Gasteiger partial charge in [-0.2, -0.15) is 0 Å². The molecule has 100 valence electrons. The van der Waals surface area contributed by atoms with E-state index in [-0.39, 0.29) is 5.69 Å². The van der Waals surface area contributed by atoms with Crippen LogP contribution < -0.4 is 0 Å². The van der Waals surface area contributed by atoms with Gasteiger partial charge in [0.15, 0.2) is 5.44 Å². The molecule has 6 heteroatoms. The van der Waals surface area contributed by atoms with Crippen molar-refractivity contribution in [1.82, 2.24) is 0 Å². The predicted octanol–water partition coefficient (Wildman–Crippen LogP) is 3.56. The fraction of sp³-hybridized carbons (Fsp3) is 0.0714. The highest BCUT2D eigenvalue weighted by atomic mass is 32.2. The highest BCUT2D eigenvalue weighted by Crippen LogP contribution is 2.44. The zero-order valence-electron chi connectivity index (χ0n) is 10.2. The molecule has 0 aliphatic carbocycles. The lowest BCUT2D eigenvalue weighted by Gasteiger charge is -2.23. The van der Waals surface area contributed by atoms with Crippen molar-refractivity contribution in [2.75, 3.05) is 0 Å². The van der Waals surface area contributed by atoms with E-state index in [9.17, 15) is 14.9 Å². The number of fused-ring (bicyclic) bond motifs is 1. The molecule has 2 aromatic carbocycles. The Kier molecular flexibility index (Phi) is 3.15. The normalized spacial score (nSPS) is 17.2. The zero-order valence-corrected chi connectivity index (χ0v) is 11.0. The first-order valence-corrected chi connectivity index (χ1v) is 6.75. The Bertz CT molecular complexity index is 701. The minimum absolute atomic E-state index is 0.0443. The van der Waals surface area contributed by atoms with Crippen LogP contribution in [-0.2, 0) is 4.74 Å². The molecule has 0 aromatic heterocycles. The van der Waals surface area contributed by atoms with Gasteiger partial charge in [0, 0.05) is 11.0 Å². The molecule has 0 saturated carbocycles. The average Bonchev–Trinajstić information content (AvgIpc) is 2.47. The molecule has 0 saturated heterocycles. The SMILES string of the molecule is O=C1O[C@@H](c2ccccc2[N+](=O)[O-])Sc2ccccc21. The molecule has 1 heterocycles. The van der Waals surface area contributed by atoms with Crippen molar-refractivity contribution in [2.45, 2.75) is 10.3 Å². The summed E-state index contributed by atoms with van der Waals surface area (Å²) >= 11 is 1.30. The molecule has 0 fully saturated rings. The number of nitrogens with zero attached hydrogens (tertiary/aromatic N) is 1. The number of nitro groups is 1. The molecule has 0 spiro atoms. The molecule has 1 aliphatic rings. The van der Waals surface area contributed by atoms with E-state index in [1.165, 1.54) is 17.8 Å². The standard InChI is InChI=1S/C14H9NO4S/c16-13-10-6-2-4-8-12(10)20-14(19-13)9-5-1-3-7-11(9)15(17)18/h1-8,14H/t14-/m1/s1. The zero-order chi connectivity index (χ0) is 14.1. The number of carbonyl (C=O) groups is 1. The number of nitro benzene ring substituents is 1. The predicted molar refractivity (Wildman–Crippen MR) is 73.6 cm³/mol. The van der Waals surface area contributed by atoms with Gasteiger partial charge in [-0.05, 0) is 18.2 Å². The molecular weight excluding hydrogens is 278 g/mol. The van der Waals surface area contributed by atoms with Crippen LogP contribution in [0, 0.1) is 10.1 Å². The maximum Gasteiger partial charge on any atom is 0.340 e. The smallest absolute Gasteiger partial charge is 0.340 e.